The van der Waals surface area contributed by atoms with E-state index in [2.05, 4.69) is 32.2 Å². The molecule has 0 spiro atoms. The van der Waals surface area contributed by atoms with E-state index in [1.807, 2.05) is 0 Å². The van der Waals surface area contributed by atoms with E-state index in [4.69, 9.17) is 5.11 Å². The summed E-state index contributed by atoms with van der Waals surface area (Å²) in [4.78, 5) is 0. The van der Waals surface area contributed by atoms with Gasteiger partial charge in [-0.25, -0.2) is 0 Å². The minimum absolute atomic E-state index is 0. The maximum Gasteiger partial charge on any atom is 0.0431 e. The normalized spacial score (nSPS) is 10.4. The molecule has 2 heteroatoms. The van der Waals surface area contributed by atoms with Gasteiger partial charge in [-0.05, 0) is 25.3 Å². The topological polar surface area (TPSA) is 51.7 Å². The van der Waals surface area contributed by atoms with Crippen LogP contribution in [0.2, 0.25) is 0 Å². The Balaban J connectivity index is -0.000000636. The predicted molar refractivity (Wildman–Crippen MR) is 174 cm³/mol. The average molecular weight is 539 g/mol. The van der Waals surface area contributed by atoms with Gasteiger partial charge in [0, 0.05) is 6.61 Å². The molecule has 0 aliphatic heterocycles. The summed E-state index contributed by atoms with van der Waals surface area (Å²) in [6, 6.07) is 0. The van der Waals surface area contributed by atoms with Gasteiger partial charge in [0.2, 0.25) is 0 Å². The van der Waals surface area contributed by atoms with Crippen LogP contribution >= 0.6 is 0 Å². The number of rotatable bonds is 30. The number of unbranched alkanes of at least 4 members (excludes halogenated alkanes) is 28. The smallest absolute Gasteiger partial charge is 0.0431 e. The van der Waals surface area contributed by atoms with Gasteiger partial charge < -0.3 is 10.6 Å². The molecule has 0 saturated carbocycles. The molecule has 0 bridgehead atoms. The molecule has 2 nitrogen and oxygen atoms in total. The first-order valence-electron chi connectivity index (χ1n) is 17.3. The average Bonchev–Trinajstić information content (AvgIpc) is 2.91. The first-order valence-corrected chi connectivity index (χ1v) is 17.3. The van der Waals surface area contributed by atoms with Crippen molar-refractivity contribution in [2.24, 2.45) is 0 Å². The van der Waals surface area contributed by atoms with Crippen LogP contribution in [0.1, 0.15) is 206 Å². The lowest BCUT2D eigenvalue weighted by Gasteiger charge is -2.03. The lowest BCUT2D eigenvalue weighted by molar-refractivity contribution is 0.282. The van der Waals surface area contributed by atoms with E-state index in [0.717, 1.165) is 6.42 Å². The van der Waals surface area contributed by atoms with Gasteiger partial charge in [0.15, 0.2) is 0 Å². The zero-order valence-electron chi connectivity index (χ0n) is 26.7. The molecule has 0 radical (unpaired) electrons. The molecule has 0 atom stereocenters. The highest BCUT2D eigenvalue weighted by atomic mass is 16.2. The van der Waals surface area contributed by atoms with Gasteiger partial charge in [0.05, 0.1) is 0 Å². The van der Waals surface area contributed by atoms with Gasteiger partial charge in [-0.2, -0.15) is 0 Å². The summed E-state index contributed by atoms with van der Waals surface area (Å²) in [6.07, 6.45) is 44.0. The van der Waals surface area contributed by atoms with Crippen LogP contribution in [0.4, 0.5) is 0 Å². The van der Waals surface area contributed by atoms with Crippen LogP contribution in [0.15, 0.2) is 18.4 Å². The standard InChI is InChI=1S/C20H38.C16H34O.H2O/c1-3-5-7-9-11-13-15-17-19-20-18-16-14-12-10-8-6-4-2;1-2-3-4-5-6-7-8-9-10-11-12-13-14-15-16-17;/h5H,1,4,6-20H2,2H3;17H,2-16H2,1H3;1H2. The third kappa shape index (κ3) is 45.4. The minimum atomic E-state index is 0. The van der Waals surface area contributed by atoms with Crippen molar-refractivity contribution in [3.05, 3.63) is 18.4 Å². The molecule has 0 rings (SSSR count). The SMILES string of the molecule is C=C=CCCCCCCCCCCCCCCCCC.CCCCCCCCCCCCCCCCO.O. The molecule has 3 N–H and O–H groups in total. The summed E-state index contributed by atoms with van der Waals surface area (Å²) in [6.45, 7) is 8.53. The number of aliphatic hydroxyl groups excluding tert-OH is 1. The van der Waals surface area contributed by atoms with Crippen molar-refractivity contribution in [1.82, 2.24) is 0 Å². The molecule has 230 valence electrons. The minimum Gasteiger partial charge on any atom is -0.412 e. The van der Waals surface area contributed by atoms with Crippen molar-refractivity contribution >= 4 is 0 Å². The van der Waals surface area contributed by atoms with Crippen LogP contribution in [-0.2, 0) is 0 Å². The fourth-order valence-corrected chi connectivity index (χ4v) is 5.03. The molecule has 0 heterocycles. The zero-order valence-corrected chi connectivity index (χ0v) is 26.7. The second-order valence-electron chi connectivity index (χ2n) is 11.5. The Kier molecular flexibility index (Phi) is 48.0. The fraction of sp³-hybridized carbons (Fsp3) is 0.917. The number of aliphatic hydroxyl groups is 1. The summed E-state index contributed by atoms with van der Waals surface area (Å²) in [5.41, 5.74) is 2.84. The van der Waals surface area contributed by atoms with Gasteiger partial charge in [-0.3, -0.25) is 0 Å². The molecular formula is C36H74O2. The molecule has 0 aromatic rings. The van der Waals surface area contributed by atoms with Crippen molar-refractivity contribution in [3.63, 3.8) is 0 Å². The monoisotopic (exact) mass is 539 g/mol. The highest BCUT2D eigenvalue weighted by Crippen LogP contribution is 2.14. The van der Waals surface area contributed by atoms with Crippen LogP contribution in [0.25, 0.3) is 0 Å². The second kappa shape index (κ2) is 43.5. The zero-order chi connectivity index (χ0) is 27.3. The van der Waals surface area contributed by atoms with Crippen molar-refractivity contribution in [2.75, 3.05) is 6.61 Å². The van der Waals surface area contributed by atoms with E-state index in [1.54, 1.807) is 0 Å². The highest BCUT2D eigenvalue weighted by Gasteiger charge is 1.95. The van der Waals surface area contributed by atoms with Crippen molar-refractivity contribution in [3.8, 4) is 0 Å². The Labute approximate surface area is 241 Å². The Morgan fingerprint density at radius 2 is 0.658 bits per heavy atom. The Hall–Kier alpha value is -0.560. The van der Waals surface area contributed by atoms with E-state index in [9.17, 15) is 0 Å². The van der Waals surface area contributed by atoms with E-state index in [-0.39, 0.29) is 5.48 Å². The molecule has 0 aliphatic carbocycles. The molecule has 0 unspecified atom stereocenters. The summed E-state index contributed by atoms with van der Waals surface area (Å²) >= 11 is 0. The van der Waals surface area contributed by atoms with Gasteiger partial charge in [-0.15, -0.1) is 5.73 Å². The third-order valence-corrected chi connectivity index (χ3v) is 7.61. The lowest BCUT2D eigenvalue weighted by atomic mass is 10.0. The fourth-order valence-electron chi connectivity index (χ4n) is 5.03. The maximum absolute atomic E-state index is 8.64. The molecule has 38 heavy (non-hydrogen) atoms. The van der Waals surface area contributed by atoms with Gasteiger partial charge >= 0.3 is 0 Å². The number of hydrogen-bond acceptors (Lipinski definition) is 1. The number of hydrogen-bond donors (Lipinski definition) is 1. The van der Waals surface area contributed by atoms with Crippen LogP contribution < -0.4 is 0 Å². The lowest BCUT2D eigenvalue weighted by Crippen LogP contribution is -1.84. The van der Waals surface area contributed by atoms with Crippen molar-refractivity contribution in [1.29, 1.82) is 0 Å². The summed E-state index contributed by atoms with van der Waals surface area (Å²) in [5, 5.41) is 8.64. The Morgan fingerprint density at radius 1 is 0.421 bits per heavy atom. The van der Waals surface area contributed by atoms with Crippen LogP contribution in [0.5, 0.6) is 0 Å². The molecule has 0 aromatic carbocycles. The van der Waals surface area contributed by atoms with Gasteiger partial charge in [-0.1, -0.05) is 194 Å². The van der Waals surface area contributed by atoms with E-state index >= 15 is 0 Å². The van der Waals surface area contributed by atoms with E-state index in [1.165, 1.54) is 186 Å². The van der Waals surface area contributed by atoms with Crippen LogP contribution in [0, 0.1) is 0 Å². The van der Waals surface area contributed by atoms with Crippen LogP contribution in [0.3, 0.4) is 0 Å². The first-order chi connectivity index (χ1) is 18.3. The second-order valence-corrected chi connectivity index (χ2v) is 11.5. The summed E-state index contributed by atoms with van der Waals surface area (Å²) < 4.78 is 0. The van der Waals surface area contributed by atoms with E-state index < -0.39 is 0 Å². The molecule has 0 aromatic heterocycles. The highest BCUT2D eigenvalue weighted by molar-refractivity contribution is 4.74. The molecular weight excluding hydrogens is 464 g/mol. The quantitative estimate of drug-likeness (QED) is 0.0717. The molecule has 0 fully saturated rings. The van der Waals surface area contributed by atoms with Gasteiger partial charge in [0.25, 0.3) is 0 Å². The third-order valence-electron chi connectivity index (χ3n) is 7.61. The molecule has 0 amide bonds. The van der Waals surface area contributed by atoms with Gasteiger partial charge in [0.1, 0.15) is 0 Å². The predicted octanol–water partition coefficient (Wildman–Crippen LogP) is 12.2. The molecule has 0 aliphatic rings. The largest absolute Gasteiger partial charge is 0.412 e. The Morgan fingerprint density at radius 3 is 0.895 bits per heavy atom. The summed E-state index contributed by atoms with van der Waals surface area (Å²) in [7, 11) is 0. The molecule has 0 saturated heterocycles. The van der Waals surface area contributed by atoms with Crippen molar-refractivity contribution in [2.45, 2.75) is 206 Å². The number of allylic oxidation sites excluding steroid dienone is 1. The Bertz CT molecular complexity index is 400. The first kappa shape index (κ1) is 41.9. The summed E-state index contributed by atoms with van der Waals surface area (Å²) in [5.74, 6) is 0. The maximum atomic E-state index is 8.64. The van der Waals surface area contributed by atoms with Crippen molar-refractivity contribution < 1.29 is 10.6 Å². The van der Waals surface area contributed by atoms with E-state index in [0.29, 0.717) is 6.61 Å². The van der Waals surface area contributed by atoms with Crippen LogP contribution in [-0.4, -0.2) is 17.2 Å².